The van der Waals surface area contributed by atoms with Crippen molar-refractivity contribution in [3.8, 4) is 0 Å². The van der Waals surface area contributed by atoms with Crippen molar-refractivity contribution < 1.29 is 0 Å². The van der Waals surface area contributed by atoms with Gasteiger partial charge >= 0.3 is 0 Å². The molecule has 1 N–H and O–H groups in total. The summed E-state index contributed by atoms with van der Waals surface area (Å²) < 4.78 is 0. The third-order valence-corrected chi connectivity index (χ3v) is 2.91. The van der Waals surface area contributed by atoms with E-state index in [1.165, 1.54) is 16.8 Å². The highest BCUT2D eigenvalue weighted by molar-refractivity contribution is 6.30. The zero-order valence-electron chi connectivity index (χ0n) is 8.76. The molecule has 0 fully saturated rings. The van der Waals surface area contributed by atoms with E-state index in [-0.39, 0.29) is 0 Å². The summed E-state index contributed by atoms with van der Waals surface area (Å²) in [6, 6.07) is 10.2. The summed E-state index contributed by atoms with van der Waals surface area (Å²) in [6.45, 7) is 2.11. The van der Waals surface area contributed by atoms with E-state index >= 15 is 0 Å². The number of nitrogens with one attached hydrogen (secondary N) is 1. The Morgan fingerprint density at radius 2 is 1.80 bits per heavy atom. The maximum absolute atomic E-state index is 5.83. The predicted octanol–water partition coefficient (Wildman–Crippen LogP) is 3.76. The van der Waals surface area contributed by atoms with Crippen LogP contribution in [-0.4, -0.2) is 4.98 Å². The largest absolute Gasteiger partial charge is 0.365 e. The maximum atomic E-state index is 5.83. The first-order valence-corrected chi connectivity index (χ1v) is 5.51. The number of hydrogen-bond donors (Lipinski definition) is 1. The van der Waals surface area contributed by atoms with Gasteiger partial charge in [0.2, 0.25) is 0 Å². The van der Waals surface area contributed by atoms with Crippen LogP contribution in [0.1, 0.15) is 16.8 Å². The molecule has 1 aromatic carbocycles. The summed E-state index contributed by atoms with van der Waals surface area (Å²) in [6.07, 6.45) is 4.14. The van der Waals surface area contributed by atoms with Crippen LogP contribution in [-0.2, 0) is 12.8 Å². The monoisotopic (exact) mass is 219 g/mol. The first-order valence-electron chi connectivity index (χ1n) is 5.13. The van der Waals surface area contributed by atoms with Crippen LogP contribution in [0.4, 0.5) is 0 Å². The van der Waals surface area contributed by atoms with E-state index in [1.54, 1.807) is 0 Å². The van der Waals surface area contributed by atoms with E-state index in [0.29, 0.717) is 0 Å². The number of aromatic nitrogens is 1. The van der Waals surface area contributed by atoms with Crippen LogP contribution >= 0.6 is 11.6 Å². The Kier molecular flexibility index (Phi) is 3.12. The third-order valence-electron chi connectivity index (χ3n) is 2.66. The molecule has 0 aliphatic carbocycles. The minimum absolute atomic E-state index is 0.802. The fourth-order valence-corrected chi connectivity index (χ4v) is 1.81. The average Bonchev–Trinajstić information content (AvgIpc) is 2.63. The molecular formula is C13H14ClN. The molecule has 0 atom stereocenters. The Morgan fingerprint density at radius 1 is 1.07 bits per heavy atom. The lowest BCUT2D eigenvalue weighted by Crippen LogP contribution is -1.91. The Hall–Kier alpha value is -1.21. The summed E-state index contributed by atoms with van der Waals surface area (Å²) in [5.74, 6) is 0. The molecule has 0 spiro atoms. The van der Waals surface area contributed by atoms with E-state index in [2.05, 4.69) is 30.1 Å². The molecule has 2 heteroatoms. The smallest absolute Gasteiger partial charge is 0.0406 e. The van der Waals surface area contributed by atoms with E-state index in [1.807, 2.05) is 18.3 Å². The SMILES string of the molecule is Cc1[nH]ccc1CCc1ccc(Cl)cc1. The topological polar surface area (TPSA) is 15.8 Å². The van der Waals surface area contributed by atoms with Gasteiger partial charge in [-0.15, -0.1) is 0 Å². The number of benzene rings is 1. The van der Waals surface area contributed by atoms with E-state index in [0.717, 1.165) is 17.9 Å². The second kappa shape index (κ2) is 4.54. The summed E-state index contributed by atoms with van der Waals surface area (Å²) >= 11 is 5.83. The van der Waals surface area contributed by atoms with Gasteiger partial charge in [-0.2, -0.15) is 0 Å². The van der Waals surface area contributed by atoms with Gasteiger partial charge in [0.25, 0.3) is 0 Å². The third kappa shape index (κ3) is 2.63. The van der Waals surface area contributed by atoms with Crippen LogP contribution < -0.4 is 0 Å². The van der Waals surface area contributed by atoms with E-state index in [4.69, 9.17) is 11.6 Å². The molecule has 0 amide bonds. The molecule has 1 heterocycles. The average molecular weight is 220 g/mol. The van der Waals surface area contributed by atoms with E-state index in [9.17, 15) is 0 Å². The van der Waals surface area contributed by atoms with Gasteiger partial charge in [-0.3, -0.25) is 0 Å². The van der Waals surface area contributed by atoms with Crippen LogP contribution in [0.2, 0.25) is 5.02 Å². The maximum Gasteiger partial charge on any atom is 0.0406 e. The molecule has 1 aromatic heterocycles. The Balaban J connectivity index is 1.99. The molecule has 0 unspecified atom stereocenters. The number of H-pyrrole nitrogens is 1. The minimum Gasteiger partial charge on any atom is -0.365 e. The first kappa shape index (κ1) is 10.3. The second-order valence-corrected chi connectivity index (χ2v) is 4.19. The lowest BCUT2D eigenvalue weighted by atomic mass is 10.1. The standard InChI is InChI=1S/C13H14ClN/c1-10-12(8-9-15-10)5-2-11-3-6-13(14)7-4-11/h3-4,6-9,15H,2,5H2,1H3. The van der Waals surface area contributed by atoms with Crippen molar-refractivity contribution in [2.45, 2.75) is 19.8 Å². The zero-order chi connectivity index (χ0) is 10.7. The highest BCUT2D eigenvalue weighted by Crippen LogP contribution is 2.13. The van der Waals surface area contributed by atoms with Crippen LogP contribution in [0, 0.1) is 6.92 Å². The van der Waals surface area contributed by atoms with Gasteiger partial charge in [-0.25, -0.2) is 0 Å². The van der Waals surface area contributed by atoms with E-state index < -0.39 is 0 Å². The number of aromatic amines is 1. The number of hydrogen-bond acceptors (Lipinski definition) is 0. The van der Waals surface area contributed by atoms with Gasteiger partial charge in [-0.05, 0) is 49.1 Å². The fraction of sp³-hybridized carbons (Fsp3) is 0.231. The highest BCUT2D eigenvalue weighted by atomic mass is 35.5. The summed E-state index contributed by atoms with van der Waals surface area (Å²) in [5.41, 5.74) is 3.99. The molecular weight excluding hydrogens is 206 g/mol. The molecule has 0 bridgehead atoms. The summed E-state index contributed by atoms with van der Waals surface area (Å²) in [5, 5.41) is 0.802. The number of halogens is 1. The van der Waals surface area contributed by atoms with Crippen molar-refractivity contribution in [3.05, 3.63) is 58.4 Å². The molecule has 78 valence electrons. The fourth-order valence-electron chi connectivity index (χ4n) is 1.69. The van der Waals surface area contributed by atoms with Crippen molar-refractivity contribution in [2.75, 3.05) is 0 Å². The number of rotatable bonds is 3. The predicted molar refractivity (Wildman–Crippen MR) is 64.4 cm³/mol. The number of aryl methyl sites for hydroxylation is 3. The summed E-state index contributed by atoms with van der Waals surface area (Å²) in [7, 11) is 0. The van der Waals surface area contributed by atoms with Crippen molar-refractivity contribution >= 4 is 11.6 Å². The Morgan fingerprint density at radius 3 is 2.40 bits per heavy atom. The molecule has 1 nitrogen and oxygen atoms in total. The first-order chi connectivity index (χ1) is 7.25. The van der Waals surface area contributed by atoms with Crippen molar-refractivity contribution in [1.82, 2.24) is 4.98 Å². The Labute approximate surface area is 95.1 Å². The molecule has 2 aromatic rings. The molecule has 0 saturated carbocycles. The van der Waals surface area contributed by atoms with Gasteiger partial charge in [-0.1, -0.05) is 23.7 Å². The minimum atomic E-state index is 0.802. The van der Waals surface area contributed by atoms with Crippen molar-refractivity contribution in [2.24, 2.45) is 0 Å². The Bertz CT molecular complexity index is 428. The van der Waals surface area contributed by atoms with Gasteiger partial charge in [0.05, 0.1) is 0 Å². The van der Waals surface area contributed by atoms with Gasteiger partial charge in [0, 0.05) is 16.9 Å². The van der Waals surface area contributed by atoms with Gasteiger partial charge in [0.15, 0.2) is 0 Å². The van der Waals surface area contributed by atoms with Crippen LogP contribution in [0.25, 0.3) is 0 Å². The summed E-state index contributed by atoms with van der Waals surface area (Å²) in [4.78, 5) is 3.19. The normalized spacial score (nSPS) is 10.5. The molecule has 0 saturated heterocycles. The van der Waals surface area contributed by atoms with Crippen LogP contribution in [0.3, 0.4) is 0 Å². The molecule has 0 aliphatic heterocycles. The van der Waals surface area contributed by atoms with Crippen molar-refractivity contribution in [3.63, 3.8) is 0 Å². The lowest BCUT2D eigenvalue weighted by molar-refractivity contribution is 0.948. The lowest BCUT2D eigenvalue weighted by Gasteiger charge is -2.01. The second-order valence-electron chi connectivity index (χ2n) is 3.75. The highest BCUT2D eigenvalue weighted by Gasteiger charge is 1.99. The van der Waals surface area contributed by atoms with Crippen LogP contribution in [0.15, 0.2) is 36.5 Å². The van der Waals surface area contributed by atoms with Crippen molar-refractivity contribution in [1.29, 1.82) is 0 Å². The molecule has 0 aliphatic rings. The quantitative estimate of drug-likeness (QED) is 0.809. The van der Waals surface area contributed by atoms with Gasteiger partial charge < -0.3 is 4.98 Å². The van der Waals surface area contributed by atoms with Gasteiger partial charge in [0.1, 0.15) is 0 Å². The van der Waals surface area contributed by atoms with Crippen LogP contribution in [0.5, 0.6) is 0 Å². The molecule has 2 rings (SSSR count). The molecule has 0 radical (unpaired) electrons. The molecule has 15 heavy (non-hydrogen) atoms. The zero-order valence-corrected chi connectivity index (χ0v) is 9.51.